The van der Waals surface area contributed by atoms with E-state index in [1.165, 1.54) is 0 Å². The smallest absolute Gasteiger partial charge is 0.409 e. The number of nitrogens with zero attached hydrogens (tertiary/aromatic N) is 2. The molecular formula is C5H6IN3O2. The van der Waals surface area contributed by atoms with Crippen molar-refractivity contribution in [2.75, 3.05) is 5.32 Å². The minimum absolute atomic E-state index is 0.514. The van der Waals surface area contributed by atoms with Gasteiger partial charge in [-0.15, -0.1) is 0 Å². The van der Waals surface area contributed by atoms with E-state index in [-0.39, 0.29) is 0 Å². The second kappa shape index (κ2) is 3.07. The van der Waals surface area contributed by atoms with E-state index in [2.05, 4.69) is 10.4 Å². The van der Waals surface area contributed by atoms with Crippen molar-refractivity contribution in [3.05, 3.63) is 9.90 Å². The van der Waals surface area contributed by atoms with Crippen LogP contribution >= 0.6 is 22.6 Å². The van der Waals surface area contributed by atoms with Crippen LogP contribution in [0.25, 0.3) is 0 Å². The maximum Gasteiger partial charge on any atom is 0.409 e. The summed E-state index contributed by atoms with van der Waals surface area (Å²) in [5, 5.41) is 14.5. The Morgan fingerprint density at radius 1 is 1.91 bits per heavy atom. The molecule has 0 atom stereocenters. The van der Waals surface area contributed by atoms with Gasteiger partial charge >= 0.3 is 6.09 Å². The van der Waals surface area contributed by atoms with Gasteiger partial charge in [-0.1, -0.05) is 0 Å². The molecule has 0 aliphatic heterocycles. The van der Waals surface area contributed by atoms with Gasteiger partial charge in [0.15, 0.2) is 0 Å². The second-order valence-electron chi connectivity index (χ2n) is 1.94. The fourth-order valence-electron chi connectivity index (χ4n) is 0.660. The first-order valence-corrected chi connectivity index (χ1v) is 3.86. The van der Waals surface area contributed by atoms with Crippen LogP contribution in [0.3, 0.4) is 0 Å². The SMILES string of the molecule is Cn1cc(NC(=O)O)c(I)n1. The van der Waals surface area contributed by atoms with Crippen molar-refractivity contribution >= 4 is 34.4 Å². The van der Waals surface area contributed by atoms with Gasteiger partial charge in [-0.2, -0.15) is 5.10 Å². The fourth-order valence-corrected chi connectivity index (χ4v) is 1.27. The van der Waals surface area contributed by atoms with Gasteiger partial charge < -0.3 is 5.11 Å². The van der Waals surface area contributed by atoms with E-state index in [0.29, 0.717) is 9.39 Å². The average molecular weight is 267 g/mol. The van der Waals surface area contributed by atoms with E-state index in [1.54, 1.807) is 17.9 Å². The summed E-state index contributed by atoms with van der Waals surface area (Å²) in [5.74, 6) is 0. The number of amides is 1. The molecule has 0 bridgehead atoms. The minimum Gasteiger partial charge on any atom is -0.465 e. The highest BCUT2D eigenvalue weighted by Crippen LogP contribution is 2.14. The number of hydrogen-bond acceptors (Lipinski definition) is 2. The predicted molar refractivity (Wildman–Crippen MR) is 47.6 cm³/mol. The molecule has 2 N–H and O–H groups in total. The minimum atomic E-state index is -1.07. The zero-order valence-electron chi connectivity index (χ0n) is 5.71. The van der Waals surface area contributed by atoms with Gasteiger partial charge in [0.05, 0.1) is 5.69 Å². The summed E-state index contributed by atoms with van der Waals surface area (Å²) in [6.45, 7) is 0. The Balaban J connectivity index is 2.85. The number of rotatable bonds is 1. The van der Waals surface area contributed by atoms with E-state index in [1.807, 2.05) is 22.6 Å². The highest BCUT2D eigenvalue weighted by Gasteiger charge is 2.05. The largest absolute Gasteiger partial charge is 0.465 e. The summed E-state index contributed by atoms with van der Waals surface area (Å²) in [4.78, 5) is 10.2. The Morgan fingerprint density at radius 3 is 2.91 bits per heavy atom. The number of aromatic nitrogens is 2. The molecule has 0 saturated carbocycles. The number of nitrogens with one attached hydrogen (secondary N) is 1. The monoisotopic (exact) mass is 267 g/mol. The van der Waals surface area contributed by atoms with E-state index < -0.39 is 6.09 Å². The number of anilines is 1. The van der Waals surface area contributed by atoms with Gasteiger partial charge in [-0.3, -0.25) is 10.00 Å². The zero-order chi connectivity index (χ0) is 8.43. The third-order valence-corrected chi connectivity index (χ3v) is 1.82. The maximum atomic E-state index is 10.2. The number of hydrogen-bond donors (Lipinski definition) is 2. The van der Waals surface area contributed by atoms with Crippen LogP contribution in [0.1, 0.15) is 0 Å². The van der Waals surface area contributed by atoms with Crippen LogP contribution in [0.4, 0.5) is 10.5 Å². The Kier molecular flexibility index (Phi) is 2.32. The van der Waals surface area contributed by atoms with Gasteiger partial charge in [0, 0.05) is 13.2 Å². The molecule has 0 fully saturated rings. The van der Waals surface area contributed by atoms with Crippen molar-refractivity contribution < 1.29 is 9.90 Å². The predicted octanol–water partition coefficient (Wildman–Crippen LogP) is 1.11. The van der Waals surface area contributed by atoms with Crippen LogP contribution in [0.15, 0.2) is 6.20 Å². The van der Waals surface area contributed by atoms with E-state index in [9.17, 15) is 4.79 Å². The molecule has 5 nitrogen and oxygen atoms in total. The van der Waals surface area contributed by atoms with Gasteiger partial charge in [0.1, 0.15) is 3.70 Å². The summed E-state index contributed by atoms with van der Waals surface area (Å²) in [5.41, 5.74) is 0.514. The molecular weight excluding hydrogens is 261 g/mol. The number of aryl methyl sites for hydroxylation is 1. The van der Waals surface area contributed by atoms with Gasteiger partial charge in [0.2, 0.25) is 0 Å². The third kappa shape index (κ3) is 2.07. The van der Waals surface area contributed by atoms with E-state index in [0.717, 1.165) is 0 Å². The lowest BCUT2D eigenvalue weighted by Gasteiger charge is -1.93. The van der Waals surface area contributed by atoms with Crippen LogP contribution in [-0.2, 0) is 7.05 Å². The molecule has 1 heterocycles. The summed E-state index contributed by atoms with van der Waals surface area (Å²) in [7, 11) is 1.73. The normalized spacial score (nSPS) is 9.64. The molecule has 1 rings (SSSR count). The van der Waals surface area contributed by atoms with E-state index in [4.69, 9.17) is 5.11 Å². The zero-order valence-corrected chi connectivity index (χ0v) is 7.86. The number of carboxylic acid groups (broad SMARTS) is 1. The average Bonchev–Trinajstić information content (AvgIpc) is 2.09. The van der Waals surface area contributed by atoms with Crippen LogP contribution in [0, 0.1) is 3.70 Å². The quantitative estimate of drug-likeness (QED) is 0.749. The number of halogens is 1. The molecule has 1 aromatic heterocycles. The van der Waals surface area contributed by atoms with Crippen molar-refractivity contribution in [1.29, 1.82) is 0 Å². The summed E-state index contributed by atoms with van der Waals surface area (Å²) >= 11 is 1.96. The molecule has 11 heavy (non-hydrogen) atoms. The lowest BCUT2D eigenvalue weighted by atomic mass is 10.6. The van der Waals surface area contributed by atoms with Gasteiger partial charge in [-0.25, -0.2) is 4.79 Å². The van der Waals surface area contributed by atoms with Crippen LogP contribution in [0.5, 0.6) is 0 Å². The summed E-state index contributed by atoms with van der Waals surface area (Å²) in [6.07, 6.45) is 0.534. The molecule has 0 aromatic carbocycles. The van der Waals surface area contributed by atoms with Gasteiger partial charge in [0.25, 0.3) is 0 Å². The Bertz CT molecular complexity index is 283. The summed E-state index contributed by atoms with van der Waals surface area (Å²) < 4.78 is 2.19. The van der Waals surface area contributed by atoms with Crippen molar-refractivity contribution in [3.63, 3.8) is 0 Å². The summed E-state index contributed by atoms with van der Waals surface area (Å²) in [6, 6.07) is 0. The lowest BCUT2D eigenvalue weighted by Crippen LogP contribution is -2.07. The van der Waals surface area contributed by atoms with Crippen LogP contribution in [0.2, 0.25) is 0 Å². The molecule has 0 aliphatic rings. The first kappa shape index (κ1) is 8.31. The third-order valence-electron chi connectivity index (χ3n) is 1.03. The second-order valence-corrected chi connectivity index (χ2v) is 2.96. The van der Waals surface area contributed by atoms with Crippen molar-refractivity contribution in [2.45, 2.75) is 0 Å². The molecule has 60 valence electrons. The molecule has 0 radical (unpaired) electrons. The van der Waals surface area contributed by atoms with E-state index >= 15 is 0 Å². The first-order chi connectivity index (χ1) is 5.09. The van der Waals surface area contributed by atoms with Crippen LogP contribution in [-0.4, -0.2) is 21.0 Å². The maximum absolute atomic E-state index is 10.2. The van der Waals surface area contributed by atoms with Gasteiger partial charge in [-0.05, 0) is 22.6 Å². The Hall–Kier alpha value is -0.790. The van der Waals surface area contributed by atoms with Crippen molar-refractivity contribution in [1.82, 2.24) is 9.78 Å². The first-order valence-electron chi connectivity index (χ1n) is 2.78. The highest BCUT2D eigenvalue weighted by molar-refractivity contribution is 14.1. The molecule has 1 aromatic rings. The number of carbonyl (C=O) groups is 1. The Labute approximate surface area is 76.5 Å². The highest BCUT2D eigenvalue weighted by atomic mass is 127. The van der Waals surface area contributed by atoms with Crippen molar-refractivity contribution in [3.8, 4) is 0 Å². The topological polar surface area (TPSA) is 67.2 Å². The molecule has 0 saturated heterocycles. The molecule has 1 amide bonds. The van der Waals surface area contributed by atoms with Crippen molar-refractivity contribution in [2.24, 2.45) is 7.05 Å². The molecule has 6 heteroatoms. The molecule has 0 unspecified atom stereocenters. The lowest BCUT2D eigenvalue weighted by molar-refractivity contribution is 0.209. The Morgan fingerprint density at radius 2 is 2.55 bits per heavy atom. The fraction of sp³-hybridized carbons (Fsp3) is 0.200. The molecule has 0 aliphatic carbocycles. The van der Waals surface area contributed by atoms with Crippen LogP contribution < -0.4 is 5.32 Å². The standard InChI is InChI=1S/C5H6IN3O2/c1-9-2-3(4(6)8-9)7-5(10)11/h2,7H,1H3,(H,10,11). The molecule has 0 spiro atoms.